The average Bonchev–Trinajstić information content (AvgIpc) is 3.48. The molecule has 4 heteroatoms. The highest BCUT2D eigenvalue weighted by atomic mass is 127. The van der Waals surface area contributed by atoms with Gasteiger partial charge in [0.15, 0.2) is 0 Å². The topological polar surface area (TPSA) is 47.4 Å². The highest BCUT2D eigenvalue weighted by Gasteiger charge is 2.26. The number of hydrogen-bond donors (Lipinski definition) is 3. The minimum Gasteiger partial charge on any atom is -0.361 e. The van der Waals surface area contributed by atoms with Crippen LogP contribution in [0.4, 0.5) is 0 Å². The molecule has 0 radical (unpaired) electrons. The maximum absolute atomic E-state index is 3.88. The number of hydrogen-bond acceptors (Lipinski definition) is 0. The van der Waals surface area contributed by atoms with Crippen molar-refractivity contribution < 1.29 is 0 Å². The number of nitrogens with one attached hydrogen (secondary N) is 3. The van der Waals surface area contributed by atoms with Gasteiger partial charge in [-0.05, 0) is 122 Å². The van der Waals surface area contributed by atoms with E-state index in [0.29, 0.717) is 5.92 Å². The van der Waals surface area contributed by atoms with Gasteiger partial charge in [-0.3, -0.25) is 0 Å². The molecule has 0 saturated heterocycles. The Bertz CT molecular complexity index is 1270. The van der Waals surface area contributed by atoms with Crippen LogP contribution < -0.4 is 0 Å². The third-order valence-electron chi connectivity index (χ3n) is 7.64. The molecule has 34 heavy (non-hydrogen) atoms. The second kappa shape index (κ2) is 10.2. The zero-order chi connectivity index (χ0) is 24.6. The van der Waals surface area contributed by atoms with Crippen LogP contribution >= 0.6 is 22.6 Å². The van der Waals surface area contributed by atoms with E-state index in [9.17, 15) is 0 Å². The minimum absolute atomic E-state index is 0.153. The van der Waals surface area contributed by atoms with E-state index >= 15 is 0 Å². The molecular weight excluding hydrogens is 529 g/mol. The van der Waals surface area contributed by atoms with Gasteiger partial charge in [0.25, 0.3) is 0 Å². The number of halogens is 1. The van der Waals surface area contributed by atoms with Gasteiger partial charge in [-0.1, -0.05) is 32.9 Å². The van der Waals surface area contributed by atoms with Crippen LogP contribution in [0.5, 0.6) is 0 Å². The molecule has 0 aliphatic rings. The van der Waals surface area contributed by atoms with Crippen molar-refractivity contribution in [3.63, 3.8) is 0 Å². The van der Waals surface area contributed by atoms with Gasteiger partial charge in [0, 0.05) is 43.7 Å². The lowest BCUT2D eigenvalue weighted by molar-refractivity contribution is 0.721. The van der Waals surface area contributed by atoms with Gasteiger partial charge in [-0.2, -0.15) is 0 Å². The Hall–Kier alpha value is -2.21. The molecule has 4 rings (SSSR count). The summed E-state index contributed by atoms with van der Waals surface area (Å²) < 4.78 is 1.26. The Kier molecular flexibility index (Phi) is 7.46. The Balaban J connectivity index is 1.82. The van der Waals surface area contributed by atoms with Gasteiger partial charge in [-0.25, -0.2) is 0 Å². The summed E-state index contributed by atoms with van der Waals surface area (Å²) in [4.78, 5) is 11.4. The summed E-state index contributed by atoms with van der Waals surface area (Å²) in [6.45, 7) is 15.7. The normalized spacial score (nSPS) is 13.4. The fourth-order valence-corrected chi connectivity index (χ4v) is 6.23. The zero-order valence-electron chi connectivity index (χ0n) is 21.6. The molecule has 2 atom stereocenters. The molecule has 3 aromatic heterocycles. The van der Waals surface area contributed by atoms with Crippen molar-refractivity contribution in [2.75, 3.05) is 0 Å². The Morgan fingerprint density at radius 3 is 1.74 bits per heavy atom. The zero-order valence-corrected chi connectivity index (χ0v) is 23.8. The molecule has 2 unspecified atom stereocenters. The molecule has 180 valence electrons. The lowest BCUT2D eigenvalue weighted by atomic mass is 9.90. The van der Waals surface area contributed by atoms with Gasteiger partial charge >= 0.3 is 0 Å². The SMILES string of the molecule is CCc1c(C)[nH]c(C(CC)c2ccc(C(c3ccc(I)cc3)c3[nH]c(C)c(CC)c3C)[nH]2)c1C. The highest BCUT2D eigenvalue weighted by Crippen LogP contribution is 2.38. The van der Waals surface area contributed by atoms with Gasteiger partial charge in [0.05, 0.1) is 5.92 Å². The van der Waals surface area contributed by atoms with E-state index in [-0.39, 0.29) is 5.92 Å². The second-order valence-electron chi connectivity index (χ2n) is 9.56. The summed E-state index contributed by atoms with van der Waals surface area (Å²) in [5.74, 6) is 0.489. The van der Waals surface area contributed by atoms with Crippen molar-refractivity contribution in [1.29, 1.82) is 0 Å². The summed E-state index contributed by atoms with van der Waals surface area (Å²) >= 11 is 2.39. The summed E-state index contributed by atoms with van der Waals surface area (Å²) in [6.07, 6.45) is 3.17. The van der Waals surface area contributed by atoms with E-state index in [1.807, 2.05) is 0 Å². The third kappa shape index (κ3) is 4.41. The van der Waals surface area contributed by atoms with Gasteiger partial charge in [-0.15, -0.1) is 0 Å². The lowest BCUT2D eigenvalue weighted by Gasteiger charge is -2.19. The van der Waals surface area contributed by atoms with E-state index in [2.05, 4.69) is 122 Å². The molecule has 0 bridgehead atoms. The quantitative estimate of drug-likeness (QED) is 0.179. The lowest BCUT2D eigenvalue weighted by Crippen LogP contribution is -2.08. The number of aryl methyl sites for hydroxylation is 2. The average molecular weight is 568 g/mol. The van der Waals surface area contributed by atoms with Crippen LogP contribution in [0.25, 0.3) is 0 Å². The van der Waals surface area contributed by atoms with E-state index in [1.165, 1.54) is 65.6 Å². The van der Waals surface area contributed by atoms with Crippen LogP contribution in [0.15, 0.2) is 36.4 Å². The molecule has 0 aliphatic carbocycles. The summed E-state index contributed by atoms with van der Waals surface area (Å²) in [6, 6.07) is 13.6. The van der Waals surface area contributed by atoms with E-state index < -0.39 is 0 Å². The smallest absolute Gasteiger partial charge is 0.0644 e. The molecule has 0 aliphatic heterocycles. The predicted molar refractivity (Wildman–Crippen MR) is 152 cm³/mol. The van der Waals surface area contributed by atoms with Crippen LogP contribution in [0, 0.1) is 31.3 Å². The molecule has 3 nitrogen and oxygen atoms in total. The molecule has 0 fully saturated rings. The molecule has 0 spiro atoms. The van der Waals surface area contributed by atoms with E-state index in [1.54, 1.807) is 0 Å². The molecular formula is C30H38IN3. The maximum Gasteiger partial charge on any atom is 0.0644 e. The molecule has 0 amide bonds. The third-order valence-corrected chi connectivity index (χ3v) is 8.36. The summed E-state index contributed by atoms with van der Waals surface area (Å²) in [5, 5.41) is 0. The van der Waals surface area contributed by atoms with Gasteiger partial charge in [0.1, 0.15) is 0 Å². The highest BCUT2D eigenvalue weighted by molar-refractivity contribution is 14.1. The van der Waals surface area contributed by atoms with Crippen LogP contribution in [0.1, 0.15) is 101 Å². The Morgan fingerprint density at radius 2 is 1.21 bits per heavy atom. The van der Waals surface area contributed by atoms with E-state index in [0.717, 1.165) is 19.3 Å². The van der Waals surface area contributed by atoms with Crippen LogP contribution in [0.2, 0.25) is 0 Å². The Labute approximate surface area is 218 Å². The molecule has 1 aromatic carbocycles. The summed E-state index contributed by atoms with van der Waals surface area (Å²) in [7, 11) is 0. The number of aromatic amines is 3. The number of benzene rings is 1. The fraction of sp³-hybridized carbons (Fsp3) is 0.400. The van der Waals surface area contributed by atoms with Crippen molar-refractivity contribution >= 4 is 22.6 Å². The summed E-state index contributed by atoms with van der Waals surface area (Å²) in [5.41, 5.74) is 14.8. The van der Waals surface area contributed by atoms with Crippen molar-refractivity contribution in [1.82, 2.24) is 15.0 Å². The molecule has 3 N–H and O–H groups in total. The molecule has 4 aromatic rings. The number of H-pyrrole nitrogens is 3. The van der Waals surface area contributed by atoms with Gasteiger partial charge in [0.2, 0.25) is 0 Å². The van der Waals surface area contributed by atoms with Crippen molar-refractivity contribution in [2.24, 2.45) is 0 Å². The maximum atomic E-state index is 3.88. The molecule has 3 heterocycles. The first-order chi connectivity index (χ1) is 16.3. The van der Waals surface area contributed by atoms with E-state index in [4.69, 9.17) is 0 Å². The number of rotatable bonds is 8. The van der Waals surface area contributed by atoms with Crippen LogP contribution in [0.3, 0.4) is 0 Å². The first-order valence-electron chi connectivity index (χ1n) is 12.6. The first-order valence-corrected chi connectivity index (χ1v) is 13.7. The molecule has 0 saturated carbocycles. The first kappa shape index (κ1) is 24.9. The predicted octanol–water partition coefficient (Wildman–Crippen LogP) is 8.36. The largest absolute Gasteiger partial charge is 0.361 e. The fourth-order valence-electron chi connectivity index (χ4n) is 5.87. The standard InChI is InChI=1S/C30H38IN3/c1-8-23-17(4)29(32-19(23)6)25(10-3)26-15-16-27(34-26)28(21-11-13-22(31)14-12-21)30-18(5)24(9-2)20(7)33-30/h11-16,25,28,32-34H,8-10H2,1-7H3. The van der Waals surface area contributed by atoms with Crippen molar-refractivity contribution in [3.05, 3.63) is 102 Å². The van der Waals surface area contributed by atoms with Crippen molar-refractivity contribution in [3.8, 4) is 0 Å². The van der Waals surface area contributed by atoms with Crippen LogP contribution in [-0.4, -0.2) is 15.0 Å². The second-order valence-corrected chi connectivity index (χ2v) is 10.8. The van der Waals surface area contributed by atoms with Crippen molar-refractivity contribution in [2.45, 2.75) is 79.6 Å². The minimum atomic E-state index is 0.153. The monoisotopic (exact) mass is 567 g/mol. The van der Waals surface area contributed by atoms with Gasteiger partial charge < -0.3 is 15.0 Å². The number of aromatic nitrogens is 3. The van der Waals surface area contributed by atoms with Crippen LogP contribution in [-0.2, 0) is 12.8 Å². The Morgan fingerprint density at radius 1 is 0.676 bits per heavy atom.